The van der Waals surface area contributed by atoms with E-state index in [0.717, 1.165) is 0 Å². The van der Waals surface area contributed by atoms with Crippen molar-refractivity contribution in [1.82, 2.24) is 0 Å². The summed E-state index contributed by atoms with van der Waals surface area (Å²) >= 11 is 3.42. The fraction of sp³-hybridized carbons (Fsp3) is 0. The van der Waals surface area contributed by atoms with E-state index in [9.17, 15) is 0 Å². The third kappa shape index (κ3) is 1.33. The molecule has 1 heterocycles. The predicted molar refractivity (Wildman–Crippen MR) is 78.9 cm³/mol. The fourth-order valence-electron chi connectivity index (χ4n) is 2.05. The van der Waals surface area contributed by atoms with Crippen molar-refractivity contribution in [3.8, 4) is 0 Å². The van der Waals surface area contributed by atoms with Crippen molar-refractivity contribution in [3.63, 3.8) is 0 Å². The van der Waals surface area contributed by atoms with Crippen molar-refractivity contribution in [3.05, 3.63) is 58.9 Å². The molecule has 0 amide bonds. The molecule has 0 aliphatic carbocycles. The Morgan fingerprint density at radius 2 is 1.78 bits per heavy atom. The highest BCUT2D eigenvalue weighted by Crippen LogP contribution is 2.36. The van der Waals surface area contributed by atoms with Crippen LogP contribution < -0.4 is 0 Å². The molecule has 0 aliphatic heterocycles. The van der Waals surface area contributed by atoms with E-state index in [1.165, 1.54) is 0 Å². The smallest absolute Gasteiger partial charge is 0.136 e. The molecule has 0 aliphatic rings. The molecular weight excluding hydrogens is 288 g/mol. The van der Waals surface area contributed by atoms with Gasteiger partial charge in [0.25, 0.3) is 0 Å². The van der Waals surface area contributed by atoms with Crippen molar-refractivity contribution in [1.29, 1.82) is 0 Å². The molecule has 0 unspecified atom stereocenters. The fourth-order valence-corrected chi connectivity index (χ4v) is 2.60. The first-order valence-electron chi connectivity index (χ1n) is 8.34. The lowest BCUT2D eigenvalue weighted by Gasteiger charge is -1.97. The van der Waals surface area contributed by atoms with Gasteiger partial charge in [0, 0.05) is 15.2 Å². The Bertz CT molecular complexity index is 1180. The molecule has 0 fully saturated rings. The molecule has 18 heavy (non-hydrogen) atoms. The molecule has 0 saturated carbocycles. The maximum Gasteiger partial charge on any atom is 0.136 e. The van der Waals surface area contributed by atoms with Crippen LogP contribution in [0.1, 0.15) is 8.22 Å². The van der Waals surface area contributed by atoms with Gasteiger partial charge in [-0.2, -0.15) is 0 Å². The van der Waals surface area contributed by atoms with Crippen LogP contribution in [0.3, 0.4) is 0 Å². The van der Waals surface area contributed by atoms with E-state index in [1.54, 1.807) is 18.2 Å². The summed E-state index contributed by atoms with van der Waals surface area (Å²) in [4.78, 5) is 0. The molecule has 0 spiro atoms. The van der Waals surface area contributed by atoms with E-state index in [0.29, 0.717) is 20.8 Å². The topological polar surface area (TPSA) is 13.1 Å². The van der Waals surface area contributed by atoms with Gasteiger partial charge >= 0.3 is 0 Å². The van der Waals surface area contributed by atoms with Crippen molar-refractivity contribution in [2.75, 3.05) is 0 Å². The van der Waals surface area contributed by atoms with E-state index in [4.69, 9.17) is 12.6 Å². The van der Waals surface area contributed by atoms with E-state index in [1.807, 2.05) is 0 Å². The maximum absolute atomic E-state index is 8.52. The minimum Gasteiger partial charge on any atom is -0.456 e. The number of hydrogen-bond acceptors (Lipinski definition) is 1. The first-order chi connectivity index (χ1) is 11.3. The van der Waals surface area contributed by atoms with Crippen LogP contribution in [0.25, 0.3) is 32.7 Å². The Balaban J connectivity index is 2.43. The van der Waals surface area contributed by atoms with Gasteiger partial charge in [0.05, 0.1) is 8.22 Å². The van der Waals surface area contributed by atoms with Crippen LogP contribution in [0.5, 0.6) is 0 Å². The third-order valence-electron chi connectivity index (χ3n) is 2.84. The zero-order valence-electron chi connectivity index (χ0n) is 15.0. The Morgan fingerprint density at radius 1 is 1.00 bits per heavy atom. The molecule has 0 N–H and O–H groups in total. The average Bonchev–Trinajstić information content (AvgIpc) is 2.95. The second-order valence-electron chi connectivity index (χ2n) is 3.92. The molecule has 0 atom stereocenters. The van der Waals surface area contributed by atoms with Gasteiger partial charge in [-0.05, 0) is 35.0 Å². The number of rotatable bonds is 0. The first-order valence-corrected chi connectivity index (χ1v) is 6.13. The Hall–Kier alpha value is -1.80. The number of hydrogen-bond donors (Lipinski definition) is 0. The first kappa shape index (κ1) is 5.89. The molecule has 0 saturated heterocycles. The second kappa shape index (κ2) is 3.59. The highest BCUT2D eigenvalue weighted by atomic mass is 79.9. The van der Waals surface area contributed by atoms with Gasteiger partial charge in [-0.1, -0.05) is 46.2 Å². The van der Waals surface area contributed by atoms with Crippen LogP contribution >= 0.6 is 15.9 Å². The Labute approximate surface area is 121 Å². The molecular formula is C16H9BrO. The number of halogens is 1. The van der Waals surface area contributed by atoms with E-state index < -0.39 is 12.1 Å². The zero-order chi connectivity index (χ0) is 17.3. The summed E-state index contributed by atoms with van der Waals surface area (Å²) in [5.41, 5.74) is 0.645. The Kier molecular flexibility index (Phi) is 1.18. The standard InChI is InChI=1S/C16H9BrO/c17-13-6-3-7-14-16(13)12-8-10-4-1-2-5-11(10)9-15(12)18-14/h1-9H/i1D,2D,4D,5D,8D,9D. The summed E-state index contributed by atoms with van der Waals surface area (Å²) in [5, 5.41) is 1.05. The number of benzene rings is 3. The third-order valence-corrected chi connectivity index (χ3v) is 3.50. The van der Waals surface area contributed by atoms with Gasteiger partial charge in [-0.15, -0.1) is 0 Å². The maximum atomic E-state index is 8.52. The predicted octanol–water partition coefficient (Wildman–Crippen LogP) is 5.50. The number of fused-ring (bicyclic) bond motifs is 4. The minimum atomic E-state index is -0.419. The molecule has 1 aromatic heterocycles. The molecule has 0 radical (unpaired) electrons. The van der Waals surface area contributed by atoms with Crippen LogP contribution in [0.15, 0.2) is 63.3 Å². The van der Waals surface area contributed by atoms with Crippen LogP contribution in [0, 0.1) is 0 Å². The molecule has 1 nitrogen and oxygen atoms in total. The lowest BCUT2D eigenvalue weighted by molar-refractivity contribution is 0.669. The minimum absolute atomic E-state index is 0.00804. The SMILES string of the molecule is [2H]c1c([2H])c([2H])c2c([2H])c3c(oc4cccc(Br)c43)c([2H])c2c1[2H]. The molecule has 3 aromatic carbocycles. The normalized spacial score (nSPS) is 16.3. The quantitative estimate of drug-likeness (QED) is 0.418. The summed E-state index contributed by atoms with van der Waals surface area (Å²) < 4.78 is 55.2. The van der Waals surface area contributed by atoms with Crippen LogP contribution in [0.2, 0.25) is 0 Å². The van der Waals surface area contributed by atoms with Crippen molar-refractivity contribution >= 4 is 48.6 Å². The summed E-state index contributed by atoms with van der Waals surface area (Å²) in [7, 11) is 0. The summed E-state index contributed by atoms with van der Waals surface area (Å²) in [6.07, 6.45) is 0. The van der Waals surface area contributed by atoms with Crippen molar-refractivity contribution in [2.45, 2.75) is 0 Å². The van der Waals surface area contributed by atoms with Gasteiger partial charge in [0.2, 0.25) is 0 Å². The van der Waals surface area contributed by atoms with Gasteiger partial charge in [0.1, 0.15) is 11.2 Å². The van der Waals surface area contributed by atoms with Crippen molar-refractivity contribution in [2.24, 2.45) is 0 Å². The molecule has 4 rings (SSSR count). The van der Waals surface area contributed by atoms with Crippen molar-refractivity contribution < 1.29 is 12.6 Å². The summed E-state index contributed by atoms with van der Waals surface area (Å²) in [6.45, 7) is 0. The largest absolute Gasteiger partial charge is 0.456 e. The molecule has 86 valence electrons. The molecule has 0 bridgehead atoms. The Morgan fingerprint density at radius 3 is 2.61 bits per heavy atom. The van der Waals surface area contributed by atoms with Gasteiger partial charge in [0.15, 0.2) is 0 Å². The molecule has 4 aromatic rings. The molecule has 2 heteroatoms. The lowest BCUT2D eigenvalue weighted by atomic mass is 10.1. The van der Waals surface area contributed by atoms with Crippen LogP contribution in [-0.4, -0.2) is 0 Å². The van der Waals surface area contributed by atoms with E-state index in [2.05, 4.69) is 15.9 Å². The lowest BCUT2D eigenvalue weighted by Crippen LogP contribution is -1.72. The summed E-state index contributed by atoms with van der Waals surface area (Å²) in [5.74, 6) is 0. The summed E-state index contributed by atoms with van der Waals surface area (Å²) in [6, 6.07) is 3.63. The van der Waals surface area contributed by atoms with Gasteiger partial charge in [-0.3, -0.25) is 0 Å². The highest BCUT2D eigenvalue weighted by Gasteiger charge is 2.10. The second-order valence-corrected chi connectivity index (χ2v) is 4.77. The van der Waals surface area contributed by atoms with Gasteiger partial charge in [-0.25, -0.2) is 0 Å². The van der Waals surface area contributed by atoms with Crippen LogP contribution in [0.4, 0.5) is 0 Å². The monoisotopic (exact) mass is 302 g/mol. The number of furan rings is 1. The van der Waals surface area contributed by atoms with E-state index >= 15 is 0 Å². The van der Waals surface area contributed by atoms with Crippen LogP contribution in [-0.2, 0) is 0 Å². The van der Waals surface area contributed by atoms with Gasteiger partial charge < -0.3 is 4.42 Å². The highest BCUT2D eigenvalue weighted by molar-refractivity contribution is 9.10. The zero-order valence-corrected chi connectivity index (χ0v) is 10.6. The van der Waals surface area contributed by atoms with E-state index in [-0.39, 0.29) is 40.5 Å². The average molecular weight is 303 g/mol.